The maximum atomic E-state index is 12.7. The van der Waals surface area contributed by atoms with Crippen molar-refractivity contribution in [3.63, 3.8) is 0 Å². The highest BCUT2D eigenvalue weighted by Crippen LogP contribution is 2.21. The van der Waals surface area contributed by atoms with E-state index in [4.69, 9.17) is 4.74 Å². The highest BCUT2D eigenvalue weighted by Gasteiger charge is 2.22. The first kappa shape index (κ1) is 20.2. The van der Waals surface area contributed by atoms with Crippen LogP contribution >= 0.6 is 12.4 Å². The molecule has 1 unspecified atom stereocenters. The first-order valence-electron chi connectivity index (χ1n) is 8.80. The molecular formula is C20H26ClN3O2. The van der Waals surface area contributed by atoms with E-state index in [9.17, 15) is 4.79 Å². The molecule has 2 aromatic rings. The number of hydrogen-bond donors (Lipinski definition) is 2. The Morgan fingerprint density at radius 1 is 1.04 bits per heavy atom. The summed E-state index contributed by atoms with van der Waals surface area (Å²) >= 11 is 0. The van der Waals surface area contributed by atoms with Crippen molar-refractivity contribution < 1.29 is 9.53 Å². The van der Waals surface area contributed by atoms with Crippen LogP contribution in [0, 0.1) is 0 Å². The molecular weight excluding hydrogens is 350 g/mol. The van der Waals surface area contributed by atoms with Gasteiger partial charge in [0.05, 0.1) is 0 Å². The Labute approximate surface area is 161 Å². The summed E-state index contributed by atoms with van der Waals surface area (Å²) in [7, 11) is 0. The van der Waals surface area contributed by atoms with Gasteiger partial charge in [-0.2, -0.15) is 0 Å². The minimum absolute atomic E-state index is 0. The average Bonchev–Trinajstić information content (AvgIpc) is 2.68. The van der Waals surface area contributed by atoms with Crippen molar-refractivity contribution in [2.24, 2.45) is 0 Å². The molecule has 1 aliphatic rings. The fourth-order valence-electron chi connectivity index (χ4n) is 2.90. The second-order valence-electron chi connectivity index (χ2n) is 6.10. The summed E-state index contributed by atoms with van der Waals surface area (Å²) in [6.45, 7) is 5.56. The highest BCUT2D eigenvalue weighted by atomic mass is 35.5. The van der Waals surface area contributed by atoms with Crippen LogP contribution in [0.4, 0.5) is 0 Å². The molecule has 3 rings (SSSR count). The Balaban J connectivity index is 0.00000243. The summed E-state index contributed by atoms with van der Waals surface area (Å²) < 4.78 is 5.97. The van der Waals surface area contributed by atoms with Gasteiger partial charge in [-0.1, -0.05) is 48.5 Å². The number of ether oxygens (including phenoxy) is 1. The third-order valence-electron chi connectivity index (χ3n) is 4.27. The number of carbonyl (C=O) groups is 1. The van der Waals surface area contributed by atoms with Crippen molar-refractivity contribution in [1.82, 2.24) is 15.5 Å². The second kappa shape index (κ2) is 10.8. The zero-order valence-electron chi connectivity index (χ0n) is 14.8. The molecule has 1 amide bonds. The van der Waals surface area contributed by atoms with Gasteiger partial charge in [0.1, 0.15) is 5.75 Å². The lowest BCUT2D eigenvalue weighted by molar-refractivity contribution is -0.128. The first-order chi connectivity index (χ1) is 12.3. The van der Waals surface area contributed by atoms with Gasteiger partial charge < -0.3 is 15.4 Å². The monoisotopic (exact) mass is 375 g/mol. The Kier molecular flexibility index (Phi) is 8.41. The SMILES string of the molecule is Cl.O=C(NCCN1CCNCC1)C(Oc1ccccc1)c1ccccc1. The Morgan fingerprint density at radius 3 is 2.31 bits per heavy atom. The van der Waals surface area contributed by atoms with Gasteiger partial charge >= 0.3 is 0 Å². The zero-order chi connectivity index (χ0) is 17.3. The average molecular weight is 376 g/mol. The molecule has 0 radical (unpaired) electrons. The first-order valence-corrected chi connectivity index (χ1v) is 8.80. The predicted octanol–water partition coefficient (Wildman–Crippen LogP) is 2.25. The molecule has 0 bridgehead atoms. The van der Waals surface area contributed by atoms with Crippen molar-refractivity contribution >= 4 is 18.3 Å². The van der Waals surface area contributed by atoms with E-state index in [-0.39, 0.29) is 18.3 Å². The number of carbonyl (C=O) groups excluding carboxylic acids is 1. The Hall–Kier alpha value is -2.08. The number of nitrogens with zero attached hydrogens (tertiary/aromatic N) is 1. The van der Waals surface area contributed by atoms with E-state index >= 15 is 0 Å². The minimum atomic E-state index is -0.647. The van der Waals surface area contributed by atoms with Gasteiger partial charge in [-0.05, 0) is 12.1 Å². The largest absolute Gasteiger partial charge is 0.476 e. The topological polar surface area (TPSA) is 53.6 Å². The summed E-state index contributed by atoms with van der Waals surface area (Å²) in [5, 5.41) is 6.35. The molecule has 26 heavy (non-hydrogen) atoms. The van der Waals surface area contributed by atoms with Crippen LogP contribution in [0.15, 0.2) is 60.7 Å². The van der Waals surface area contributed by atoms with E-state index in [1.54, 1.807) is 0 Å². The fraction of sp³-hybridized carbons (Fsp3) is 0.350. The predicted molar refractivity (Wildman–Crippen MR) is 106 cm³/mol. The highest BCUT2D eigenvalue weighted by molar-refractivity contribution is 5.85. The number of halogens is 1. The smallest absolute Gasteiger partial charge is 0.265 e. The molecule has 1 heterocycles. The van der Waals surface area contributed by atoms with E-state index in [0.29, 0.717) is 12.3 Å². The Bertz CT molecular complexity index is 649. The molecule has 5 nitrogen and oxygen atoms in total. The molecule has 1 fully saturated rings. The molecule has 0 aromatic heterocycles. The van der Waals surface area contributed by atoms with E-state index in [1.807, 2.05) is 60.7 Å². The maximum absolute atomic E-state index is 12.7. The summed E-state index contributed by atoms with van der Waals surface area (Å²) in [4.78, 5) is 15.1. The number of nitrogens with one attached hydrogen (secondary N) is 2. The van der Waals surface area contributed by atoms with Crippen LogP contribution in [0.5, 0.6) is 5.75 Å². The van der Waals surface area contributed by atoms with Gasteiger partial charge in [0.25, 0.3) is 5.91 Å². The molecule has 0 saturated carbocycles. The lowest BCUT2D eigenvalue weighted by atomic mass is 10.1. The summed E-state index contributed by atoms with van der Waals surface area (Å²) in [5.41, 5.74) is 0.853. The number of benzene rings is 2. The van der Waals surface area contributed by atoms with Crippen molar-refractivity contribution in [3.05, 3.63) is 66.2 Å². The quantitative estimate of drug-likeness (QED) is 0.779. The molecule has 0 aliphatic carbocycles. The normalized spacial score (nSPS) is 15.5. The third-order valence-corrected chi connectivity index (χ3v) is 4.27. The minimum Gasteiger partial charge on any atom is -0.476 e. The van der Waals surface area contributed by atoms with Gasteiger partial charge in [0.2, 0.25) is 6.10 Å². The van der Waals surface area contributed by atoms with Crippen molar-refractivity contribution in [3.8, 4) is 5.75 Å². The number of piperazine rings is 1. The van der Waals surface area contributed by atoms with Crippen molar-refractivity contribution in [2.75, 3.05) is 39.3 Å². The van der Waals surface area contributed by atoms with Gasteiger partial charge in [-0.3, -0.25) is 9.69 Å². The zero-order valence-corrected chi connectivity index (χ0v) is 15.6. The molecule has 1 saturated heterocycles. The van der Waals surface area contributed by atoms with Gasteiger partial charge in [-0.25, -0.2) is 0 Å². The fourth-order valence-corrected chi connectivity index (χ4v) is 2.90. The summed E-state index contributed by atoms with van der Waals surface area (Å²) in [5.74, 6) is 0.582. The van der Waals surface area contributed by atoms with Crippen molar-refractivity contribution in [1.29, 1.82) is 0 Å². The Morgan fingerprint density at radius 2 is 1.65 bits per heavy atom. The molecule has 2 N–H and O–H groups in total. The molecule has 1 atom stereocenters. The van der Waals surface area contributed by atoms with Gasteiger partial charge in [0, 0.05) is 44.8 Å². The third kappa shape index (κ3) is 6.02. The number of rotatable bonds is 7. The van der Waals surface area contributed by atoms with Crippen LogP contribution in [-0.4, -0.2) is 50.1 Å². The summed E-state index contributed by atoms with van der Waals surface area (Å²) in [6.07, 6.45) is -0.647. The molecule has 1 aliphatic heterocycles. The van der Waals surface area contributed by atoms with Crippen LogP contribution in [0.3, 0.4) is 0 Å². The van der Waals surface area contributed by atoms with Crippen LogP contribution < -0.4 is 15.4 Å². The van der Waals surface area contributed by atoms with Gasteiger partial charge in [0.15, 0.2) is 0 Å². The second-order valence-corrected chi connectivity index (χ2v) is 6.10. The number of amides is 1. The lowest BCUT2D eigenvalue weighted by Crippen LogP contribution is -2.46. The number of hydrogen-bond acceptors (Lipinski definition) is 4. The molecule has 2 aromatic carbocycles. The van der Waals surface area contributed by atoms with Crippen LogP contribution in [0.1, 0.15) is 11.7 Å². The van der Waals surface area contributed by atoms with Gasteiger partial charge in [-0.15, -0.1) is 12.4 Å². The molecule has 6 heteroatoms. The summed E-state index contributed by atoms with van der Waals surface area (Å²) in [6, 6.07) is 19.1. The van der Waals surface area contributed by atoms with Crippen LogP contribution in [0.25, 0.3) is 0 Å². The van der Waals surface area contributed by atoms with E-state index in [0.717, 1.165) is 38.3 Å². The van der Waals surface area contributed by atoms with E-state index < -0.39 is 6.10 Å². The lowest BCUT2D eigenvalue weighted by Gasteiger charge is -2.27. The molecule has 0 spiro atoms. The van der Waals surface area contributed by atoms with Crippen molar-refractivity contribution in [2.45, 2.75) is 6.10 Å². The van der Waals surface area contributed by atoms with E-state index in [2.05, 4.69) is 15.5 Å². The van der Waals surface area contributed by atoms with Crippen LogP contribution in [0.2, 0.25) is 0 Å². The standard InChI is InChI=1S/C20H25N3O2.ClH/c24-20(22-13-16-23-14-11-21-12-15-23)19(17-7-3-1-4-8-17)25-18-9-5-2-6-10-18;/h1-10,19,21H,11-16H2,(H,22,24);1H. The maximum Gasteiger partial charge on any atom is 0.265 e. The number of para-hydroxylation sites is 1. The molecule has 140 valence electrons. The van der Waals surface area contributed by atoms with Crippen LogP contribution in [-0.2, 0) is 4.79 Å². The van der Waals surface area contributed by atoms with E-state index in [1.165, 1.54) is 0 Å².